The molecule has 1 saturated carbocycles. The van der Waals surface area contributed by atoms with Gasteiger partial charge in [0.15, 0.2) is 0 Å². The van der Waals surface area contributed by atoms with Gasteiger partial charge >= 0.3 is 0 Å². The van der Waals surface area contributed by atoms with Crippen LogP contribution in [0.2, 0.25) is 0 Å². The van der Waals surface area contributed by atoms with Gasteiger partial charge in [-0.05, 0) is 43.4 Å². The van der Waals surface area contributed by atoms with E-state index in [1.54, 1.807) is 0 Å². The van der Waals surface area contributed by atoms with E-state index in [1.165, 1.54) is 32.1 Å². The van der Waals surface area contributed by atoms with Crippen LogP contribution >= 0.6 is 0 Å². The molecule has 0 saturated heterocycles. The average Bonchev–Trinajstić information content (AvgIpc) is 2.58. The van der Waals surface area contributed by atoms with Crippen LogP contribution in [-0.4, -0.2) is 52.9 Å². The molecule has 0 aromatic carbocycles. The van der Waals surface area contributed by atoms with E-state index in [1.807, 2.05) is 0 Å². The molecule has 1 fully saturated rings. The molecular formula is C21H42O4. The van der Waals surface area contributed by atoms with Gasteiger partial charge in [0, 0.05) is 46.2 Å². The summed E-state index contributed by atoms with van der Waals surface area (Å²) in [5, 5.41) is 0. The predicted octanol–water partition coefficient (Wildman–Crippen LogP) is 4.85. The molecule has 0 aliphatic heterocycles. The van der Waals surface area contributed by atoms with Gasteiger partial charge in [0.25, 0.3) is 0 Å². The summed E-state index contributed by atoms with van der Waals surface area (Å²) in [5.74, 6) is 0.811. The van der Waals surface area contributed by atoms with Crippen LogP contribution in [-0.2, 0) is 18.9 Å². The molecule has 0 radical (unpaired) electrons. The Morgan fingerprint density at radius 3 is 1.64 bits per heavy atom. The van der Waals surface area contributed by atoms with Gasteiger partial charge < -0.3 is 18.9 Å². The predicted molar refractivity (Wildman–Crippen MR) is 103 cm³/mol. The molecule has 25 heavy (non-hydrogen) atoms. The quantitative estimate of drug-likeness (QED) is 0.392. The van der Waals surface area contributed by atoms with Crippen LogP contribution in [0.1, 0.15) is 72.1 Å². The van der Waals surface area contributed by atoms with Crippen LogP contribution in [0.15, 0.2) is 0 Å². The highest BCUT2D eigenvalue weighted by atomic mass is 16.5. The summed E-state index contributed by atoms with van der Waals surface area (Å²) in [6.45, 7) is 13.1. The number of hydrogen-bond donors (Lipinski definition) is 0. The highest BCUT2D eigenvalue weighted by Crippen LogP contribution is 2.23. The van der Waals surface area contributed by atoms with Gasteiger partial charge in [0.1, 0.15) is 0 Å². The van der Waals surface area contributed by atoms with Crippen molar-refractivity contribution in [3.63, 3.8) is 0 Å². The summed E-state index contributed by atoms with van der Waals surface area (Å²) in [7, 11) is 0. The van der Waals surface area contributed by atoms with Gasteiger partial charge in [0.2, 0.25) is 0 Å². The van der Waals surface area contributed by atoms with Crippen molar-refractivity contribution in [1.29, 1.82) is 0 Å². The smallest absolute Gasteiger partial charge is 0.0514 e. The molecule has 0 unspecified atom stereocenters. The molecule has 4 heteroatoms. The first-order valence-corrected chi connectivity index (χ1v) is 10.4. The molecule has 0 aromatic rings. The molecule has 1 aliphatic carbocycles. The summed E-state index contributed by atoms with van der Waals surface area (Å²) >= 11 is 0. The van der Waals surface area contributed by atoms with Crippen LogP contribution in [0.3, 0.4) is 0 Å². The number of hydrogen-bond acceptors (Lipinski definition) is 4. The van der Waals surface area contributed by atoms with E-state index < -0.39 is 0 Å². The lowest BCUT2D eigenvalue weighted by Gasteiger charge is -2.21. The SMILES string of the molecule is CC(C)(C)COCCCOCCCOCCCOCC1CCCCC1. The minimum absolute atomic E-state index is 0.249. The normalized spacial score (nSPS) is 16.4. The van der Waals surface area contributed by atoms with Crippen molar-refractivity contribution in [1.82, 2.24) is 0 Å². The Labute approximate surface area is 155 Å². The van der Waals surface area contributed by atoms with Crippen molar-refractivity contribution >= 4 is 0 Å². The molecule has 0 bridgehead atoms. The Morgan fingerprint density at radius 2 is 1.12 bits per heavy atom. The van der Waals surface area contributed by atoms with Crippen molar-refractivity contribution < 1.29 is 18.9 Å². The van der Waals surface area contributed by atoms with Gasteiger partial charge in [-0.15, -0.1) is 0 Å². The fraction of sp³-hybridized carbons (Fsp3) is 1.00. The molecule has 0 amide bonds. The third-order valence-corrected chi connectivity index (χ3v) is 4.35. The lowest BCUT2D eigenvalue weighted by molar-refractivity contribution is 0.0367. The molecule has 0 spiro atoms. The van der Waals surface area contributed by atoms with E-state index in [0.717, 1.165) is 78.0 Å². The molecule has 0 heterocycles. The van der Waals surface area contributed by atoms with E-state index in [9.17, 15) is 0 Å². The van der Waals surface area contributed by atoms with Crippen molar-refractivity contribution in [2.24, 2.45) is 11.3 Å². The Hall–Kier alpha value is -0.160. The zero-order valence-electron chi connectivity index (χ0n) is 17.0. The molecule has 150 valence electrons. The summed E-state index contributed by atoms with van der Waals surface area (Å²) in [6, 6.07) is 0. The third kappa shape index (κ3) is 15.8. The van der Waals surface area contributed by atoms with Crippen LogP contribution in [0.4, 0.5) is 0 Å². The Balaban J connectivity index is 1.69. The largest absolute Gasteiger partial charge is 0.381 e. The highest BCUT2D eigenvalue weighted by Gasteiger charge is 2.12. The standard InChI is InChI=1S/C21H42O4/c1-21(2,3)19-25-17-9-15-23-13-7-12-22-14-8-16-24-18-20-10-5-4-6-11-20/h20H,4-19H2,1-3H3. The molecule has 1 rings (SSSR count). The monoisotopic (exact) mass is 358 g/mol. The average molecular weight is 359 g/mol. The molecule has 0 N–H and O–H groups in total. The van der Waals surface area contributed by atoms with E-state index in [0.29, 0.717) is 0 Å². The summed E-state index contributed by atoms with van der Waals surface area (Å²) < 4.78 is 22.6. The first-order chi connectivity index (χ1) is 12.1. The lowest BCUT2D eigenvalue weighted by atomic mass is 9.90. The number of ether oxygens (including phenoxy) is 4. The van der Waals surface area contributed by atoms with Gasteiger partial charge in [-0.25, -0.2) is 0 Å². The zero-order chi connectivity index (χ0) is 18.2. The van der Waals surface area contributed by atoms with E-state index in [2.05, 4.69) is 20.8 Å². The second kappa shape index (κ2) is 15.0. The van der Waals surface area contributed by atoms with Gasteiger partial charge in [0.05, 0.1) is 6.61 Å². The Bertz CT molecular complexity index is 282. The lowest BCUT2D eigenvalue weighted by Crippen LogP contribution is -2.15. The van der Waals surface area contributed by atoms with Gasteiger partial charge in [-0.2, -0.15) is 0 Å². The molecular weight excluding hydrogens is 316 g/mol. The first-order valence-electron chi connectivity index (χ1n) is 10.4. The topological polar surface area (TPSA) is 36.9 Å². The first kappa shape index (κ1) is 22.9. The Kier molecular flexibility index (Phi) is 13.7. The van der Waals surface area contributed by atoms with Crippen molar-refractivity contribution in [2.45, 2.75) is 72.1 Å². The summed E-state index contributed by atoms with van der Waals surface area (Å²) in [5.41, 5.74) is 0.249. The second-order valence-electron chi connectivity index (χ2n) is 8.48. The maximum atomic E-state index is 5.77. The molecule has 0 atom stereocenters. The fourth-order valence-electron chi connectivity index (χ4n) is 2.98. The fourth-order valence-corrected chi connectivity index (χ4v) is 2.98. The van der Waals surface area contributed by atoms with E-state index in [4.69, 9.17) is 18.9 Å². The third-order valence-electron chi connectivity index (χ3n) is 4.35. The van der Waals surface area contributed by atoms with Crippen LogP contribution < -0.4 is 0 Å². The van der Waals surface area contributed by atoms with Crippen LogP contribution in [0.25, 0.3) is 0 Å². The minimum Gasteiger partial charge on any atom is -0.381 e. The maximum absolute atomic E-state index is 5.77. The number of rotatable bonds is 15. The molecule has 0 aromatic heterocycles. The van der Waals surface area contributed by atoms with E-state index in [-0.39, 0.29) is 5.41 Å². The van der Waals surface area contributed by atoms with Crippen LogP contribution in [0, 0.1) is 11.3 Å². The minimum atomic E-state index is 0.249. The van der Waals surface area contributed by atoms with Crippen molar-refractivity contribution in [3.05, 3.63) is 0 Å². The maximum Gasteiger partial charge on any atom is 0.0514 e. The Morgan fingerprint density at radius 1 is 0.640 bits per heavy atom. The van der Waals surface area contributed by atoms with Gasteiger partial charge in [-0.1, -0.05) is 40.0 Å². The highest BCUT2D eigenvalue weighted by molar-refractivity contribution is 4.64. The van der Waals surface area contributed by atoms with Crippen molar-refractivity contribution in [3.8, 4) is 0 Å². The zero-order valence-corrected chi connectivity index (χ0v) is 17.0. The summed E-state index contributed by atoms with van der Waals surface area (Å²) in [4.78, 5) is 0. The molecule has 4 nitrogen and oxygen atoms in total. The second-order valence-corrected chi connectivity index (χ2v) is 8.48. The van der Waals surface area contributed by atoms with E-state index >= 15 is 0 Å². The molecule has 1 aliphatic rings. The van der Waals surface area contributed by atoms with Crippen LogP contribution in [0.5, 0.6) is 0 Å². The van der Waals surface area contributed by atoms with Gasteiger partial charge in [-0.3, -0.25) is 0 Å². The summed E-state index contributed by atoms with van der Waals surface area (Å²) in [6.07, 6.45) is 9.85. The van der Waals surface area contributed by atoms with Crippen molar-refractivity contribution in [2.75, 3.05) is 52.9 Å².